The zero-order valence-electron chi connectivity index (χ0n) is 19.9. The van der Waals surface area contributed by atoms with Crippen LogP contribution in [0.3, 0.4) is 0 Å². The van der Waals surface area contributed by atoms with Gasteiger partial charge in [0.15, 0.2) is 23.0 Å². The number of amides is 1. The highest BCUT2D eigenvalue weighted by Crippen LogP contribution is 2.47. The lowest BCUT2D eigenvalue weighted by Gasteiger charge is -2.45. The molecule has 2 bridgehead atoms. The minimum absolute atomic E-state index is 0.0606. The number of benzene rings is 1. The van der Waals surface area contributed by atoms with Crippen LogP contribution in [0.15, 0.2) is 16.5 Å². The fourth-order valence-corrected chi connectivity index (χ4v) is 5.50. The van der Waals surface area contributed by atoms with Crippen molar-refractivity contribution in [1.29, 1.82) is 0 Å². The first-order valence-electron chi connectivity index (χ1n) is 11.9. The molecule has 1 aliphatic heterocycles. The maximum atomic E-state index is 14.9. The minimum atomic E-state index is -0.507. The summed E-state index contributed by atoms with van der Waals surface area (Å²) in [5.74, 6) is 0.989. The van der Waals surface area contributed by atoms with Gasteiger partial charge in [0.05, 0.1) is 12.7 Å². The van der Waals surface area contributed by atoms with Crippen molar-refractivity contribution in [3.8, 4) is 5.75 Å². The Morgan fingerprint density at radius 1 is 1.29 bits per heavy atom. The summed E-state index contributed by atoms with van der Waals surface area (Å²) in [5, 5.41) is 12.2. The number of nitrogens with zero attached hydrogens (tertiary/aromatic N) is 2. The molecule has 2 N–H and O–H groups in total. The van der Waals surface area contributed by atoms with E-state index >= 15 is 0 Å². The van der Waals surface area contributed by atoms with Crippen LogP contribution >= 0.6 is 0 Å². The molecule has 0 atom stereocenters. The van der Waals surface area contributed by atoms with Crippen molar-refractivity contribution >= 4 is 17.6 Å². The van der Waals surface area contributed by atoms with Gasteiger partial charge in [0, 0.05) is 37.4 Å². The lowest BCUT2D eigenvalue weighted by molar-refractivity contribution is 0.0109. The van der Waals surface area contributed by atoms with E-state index < -0.39 is 11.7 Å². The number of aliphatic hydroxyl groups excluding tert-OH is 1. The molecule has 4 aliphatic rings. The van der Waals surface area contributed by atoms with Crippen LogP contribution in [-0.4, -0.2) is 48.9 Å². The molecule has 9 heteroatoms. The number of rotatable bonds is 8. The largest absolute Gasteiger partial charge is 0.487 e. The third kappa shape index (κ3) is 4.38. The maximum absolute atomic E-state index is 14.9. The SMILES string of the molecule is COCc1oc(N2CC(C)(CO)C2)nc1C(=O)Nc1cc(C)c(OC2CC3CC(C3)C2)c(F)c1. The van der Waals surface area contributed by atoms with Gasteiger partial charge >= 0.3 is 0 Å². The third-order valence-electron chi connectivity index (χ3n) is 7.27. The number of methoxy groups -OCH3 is 1. The van der Waals surface area contributed by atoms with Gasteiger partial charge in [-0.25, -0.2) is 4.39 Å². The van der Waals surface area contributed by atoms with Gasteiger partial charge in [0.1, 0.15) is 6.61 Å². The van der Waals surface area contributed by atoms with Gasteiger partial charge in [-0.2, -0.15) is 4.98 Å². The summed E-state index contributed by atoms with van der Waals surface area (Å²) in [6.07, 6.45) is 4.59. The maximum Gasteiger partial charge on any atom is 0.298 e. The molecule has 1 amide bonds. The molecule has 1 aromatic heterocycles. The molecular weight excluding hydrogens is 441 g/mol. The van der Waals surface area contributed by atoms with Gasteiger partial charge in [-0.3, -0.25) is 4.79 Å². The van der Waals surface area contributed by atoms with Crippen molar-refractivity contribution in [3.05, 3.63) is 35.0 Å². The molecule has 34 heavy (non-hydrogen) atoms. The molecule has 8 nitrogen and oxygen atoms in total. The van der Waals surface area contributed by atoms with Crippen molar-refractivity contribution in [3.63, 3.8) is 0 Å². The molecule has 0 unspecified atom stereocenters. The zero-order chi connectivity index (χ0) is 24.0. The van der Waals surface area contributed by atoms with Crippen LogP contribution in [0.25, 0.3) is 0 Å². The molecule has 1 saturated heterocycles. The molecular formula is C25H32FN3O5. The highest BCUT2D eigenvalue weighted by molar-refractivity contribution is 6.03. The van der Waals surface area contributed by atoms with E-state index in [-0.39, 0.29) is 36.2 Å². The highest BCUT2D eigenvalue weighted by atomic mass is 19.1. The number of anilines is 2. The summed E-state index contributed by atoms with van der Waals surface area (Å²) in [5.41, 5.74) is 0.837. The number of hydrogen-bond acceptors (Lipinski definition) is 7. The Labute approximate surface area is 198 Å². The standard InChI is InChI=1S/C25H32FN3O5/c1-14-4-17(9-19(26)22(14)33-18-7-15-5-16(6-15)8-18)27-23(31)21-20(10-32-3)34-24(28-21)29-11-25(2,12-29)13-30/h4,9,15-16,18,30H,5-8,10-13H2,1-3H3,(H,27,31). The van der Waals surface area contributed by atoms with Crippen LogP contribution in [0, 0.1) is 30.0 Å². The Kier molecular flexibility index (Phi) is 6.02. The Balaban J connectivity index is 1.29. The number of oxazole rings is 1. The molecule has 2 heterocycles. The van der Waals surface area contributed by atoms with Crippen molar-refractivity contribution < 1.29 is 28.2 Å². The Bertz CT molecular complexity index is 1040. The Morgan fingerprint density at radius 2 is 2.00 bits per heavy atom. The number of nitrogens with one attached hydrogen (secondary N) is 1. The van der Waals surface area contributed by atoms with Crippen LogP contribution in [0.5, 0.6) is 5.75 Å². The average molecular weight is 474 g/mol. The molecule has 1 aromatic carbocycles. The van der Waals surface area contributed by atoms with Gasteiger partial charge in [0.25, 0.3) is 11.9 Å². The molecule has 0 radical (unpaired) electrons. The van der Waals surface area contributed by atoms with E-state index in [1.165, 1.54) is 26.0 Å². The number of aromatic nitrogens is 1. The summed E-state index contributed by atoms with van der Waals surface area (Å²) < 4.78 is 31.9. The second-order valence-electron chi connectivity index (χ2n) is 10.5. The van der Waals surface area contributed by atoms with E-state index in [1.54, 1.807) is 13.0 Å². The topological polar surface area (TPSA) is 97.1 Å². The van der Waals surface area contributed by atoms with E-state index in [4.69, 9.17) is 13.9 Å². The minimum Gasteiger partial charge on any atom is -0.487 e. The summed E-state index contributed by atoms with van der Waals surface area (Å²) in [4.78, 5) is 19.2. The number of aliphatic hydroxyl groups is 1. The third-order valence-corrected chi connectivity index (χ3v) is 7.27. The Hall–Kier alpha value is -2.65. The Morgan fingerprint density at radius 3 is 2.62 bits per heavy atom. The number of aryl methyl sites for hydroxylation is 1. The van der Waals surface area contributed by atoms with Crippen molar-refractivity contribution in [1.82, 2.24) is 4.98 Å². The number of carbonyl (C=O) groups is 1. The van der Waals surface area contributed by atoms with Gasteiger partial charge in [-0.1, -0.05) is 6.92 Å². The van der Waals surface area contributed by atoms with Crippen molar-refractivity contribution in [2.45, 2.75) is 52.2 Å². The second-order valence-corrected chi connectivity index (χ2v) is 10.5. The number of ether oxygens (including phenoxy) is 2. The molecule has 0 spiro atoms. The molecule has 184 valence electrons. The van der Waals surface area contributed by atoms with Crippen LogP contribution < -0.4 is 15.0 Å². The highest BCUT2D eigenvalue weighted by Gasteiger charge is 2.41. The van der Waals surface area contributed by atoms with E-state index in [1.807, 2.05) is 11.8 Å². The fourth-order valence-electron chi connectivity index (χ4n) is 5.50. The second kappa shape index (κ2) is 8.85. The zero-order valence-corrected chi connectivity index (χ0v) is 19.9. The number of carbonyl (C=O) groups excluding carboxylic acids is 1. The van der Waals surface area contributed by atoms with E-state index in [2.05, 4.69) is 10.3 Å². The first kappa shape index (κ1) is 23.1. The van der Waals surface area contributed by atoms with Crippen molar-refractivity contribution in [2.75, 3.05) is 37.0 Å². The number of fused-ring (bicyclic) bond motifs is 2. The van der Waals surface area contributed by atoms with Crippen LogP contribution in [0.2, 0.25) is 0 Å². The number of halogens is 1. The summed E-state index contributed by atoms with van der Waals surface area (Å²) >= 11 is 0. The predicted molar refractivity (Wildman–Crippen MR) is 124 cm³/mol. The van der Waals surface area contributed by atoms with E-state index in [9.17, 15) is 14.3 Å². The molecule has 6 rings (SSSR count). The first-order valence-corrected chi connectivity index (χ1v) is 11.9. The van der Waals surface area contributed by atoms with Gasteiger partial charge in [0.2, 0.25) is 0 Å². The van der Waals surface area contributed by atoms with Gasteiger partial charge in [-0.15, -0.1) is 0 Å². The predicted octanol–water partition coefficient (Wildman–Crippen LogP) is 3.91. The summed E-state index contributed by atoms with van der Waals surface area (Å²) in [7, 11) is 1.50. The van der Waals surface area contributed by atoms with E-state index in [0.29, 0.717) is 48.0 Å². The fraction of sp³-hybridized carbons (Fsp3) is 0.600. The number of hydrogen-bond donors (Lipinski definition) is 2. The molecule has 3 saturated carbocycles. The van der Waals surface area contributed by atoms with Gasteiger partial charge in [-0.05, 0) is 56.1 Å². The van der Waals surface area contributed by atoms with Crippen LogP contribution in [0.4, 0.5) is 16.1 Å². The van der Waals surface area contributed by atoms with Crippen LogP contribution in [0.1, 0.15) is 54.4 Å². The monoisotopic (exact) mass is 473 g/mol. The normalized spacial score (nSPS) is 24.9. The average Bonchev–Trinajstić information content (AvgIpc) is 3.17. The first-order chi connectivity index (χ1) is 16.3. The van der Waals surface area contributed by atoms with Crippen molar-refractivity contribution in [2.24, 2.45) is 17.3 Å². The lowest BCUT2D eigenvalue weighted by Crippen LogP contribution is -2.56. The lowest BCUT2D eigenvalue weighted by atomic mass is 9.64. The smallest absolute Gasteiger partial charge is 0.298 e. The quantitative estimate of drug-likeness (QED) is 0.600. The van der Waals surface area contributed by atoms with Crippen LogP contribution in [-0.2, 0) is 11.3 Å². The summed E-state index contributed by atoms with van der Waals surface area (Å²) in [6.45, 7) is 5.04. The van der Waals surface area contributed by atoms with Gasteiger partial charge < -0.3 is 29.2 Å². The molecule has 2 aromatic rings. The van der Waals surface area contributed by atoms with E-state index in [0.717, 1.165) is 12.8 Å². The summed E-state index contributed by atoms with van der Waals surface area (Å²) in [6, 6.07) is 3.29. The molecule has 4 fully saturated rings. The molecule has 3 aliphatic carbocycles.